The molecule has 2 aliphatic rings. The number of nitrogens with one attached hydrogen (secondary N) is 1. The number of carbonyl (C=O) groups is 1. The van der Waals surface area contributed by atoms with Crippen molar-refractivity contribution in [1.82, 2.24) is 15.3 Å². The zero-order chi connectivity index (χ0) is 22.7. The van der Waals surface area contributed by atoms with Crippen LogP contribution in [0.15, 0.2) is 29.4 Å². The average molecular weight is 444 g/mol. The Kier molecular flexibility index (Phi) is 6.73. The van der Waals surface area contributed by atoms with E-state index < -0.39 is 0 Å². The Balaban J connectivity index is 1.39. The highest BCUT2D eigenvalue weighted by molar-refractivity contribution is 6.02. The molecule has 0 aliphatic carbocycles. The molecule has 10 heteroatoms. The molecule has 0 unspecified atom stereocenters. The number of aromatic nitrogens is 2. The zero-order valence-corrected chi connectivity index (χ0v) is 17.9. The molecule has 0 spiro atoms. The number of aliphatic hydroxyl groups excluding tert-OH is 1. The van der Waals surface area contributed by atoms with Gasteiger partial charge in [0.25, 0.3) is 5.91 Å². The number of hydrogen-bond donors (Lipinski definition) is 2. The molecule has 0 bridgehead atoms. The Morgan fingerprint density at radius 3 is 2.75 bits per heavy atom. The lowest BCUT2D eigenvalue weighted by Crippen LogP contribution is -2.43. The molecule has 0 radical (unpaired) electrons. The van der Waals surface area contributed by atoms with E-state index in [-0.39, 0.29) is 48.9 Å². The van der Waals surface area contributed by atoms with Crippen LogP contribution in [0.5, 0.6) is 0 Å². The maximum atomic E-state index is 13.4. The molecule has 2 N–H and O–H groups in total. The molecule has 4 rings (SSSR count). The molecule has 1 amide bonds. The first-order valence-corrected chi connectivity index (χ1v) is 10.4. The molecule has 3 heterocycles. The van der Waals surface area contributed by atoms with Gasteiger partial charge in [0, 0.05) is 13.0 Å². The van der Waals surface area contributed by atoms with Crippen molar-refractivity contribution in [2.45, 2.75) is 45.1 Å². The van der Waals surface area contributed by atoms with Gasteiger partial charge in [0.2, 0.25) is 0 Å². The molecule has 1 saturated heterocycles. The summed E-state index contributed by atoms with van der Waals surface area (Å²) in [5.74, 6) is -0.222. The van der Waals surface area contributed by atoms with Gasteiger partial charge in [-0.25, -0.2) is 14.4 Å². The monoisotopic (exact) mass is 444 g/mol. The molecule has 1 fully saturated rings. The van der Waals surface area contributed by atoms with Gasteiger partial charge in [-0.15, -0.1) is 0 Å². The Morgan fingerprint density at radius 2 is 2.03 bits per heavy atom. The summed E-state index contributed by atoms with van der Waals surface area (Å²) in [5, 5.41) is 16.1. The van der Waals surface area contributed by atoms with Crippen LogP contribution in [0.4, 0.5) is 4.39 Å². The number of oxime groups is 1. The summed E-state index contributed by atoms with van der Waals surface area (Å²) < 4.78 is 24.7. The lowest BCUT2D eigenvalue weighted by Gasteiger charge is -2.30. The van der Waals surface area contributed by atoms with E-state index in [0.717, 1.165) is 5.56 Å². The lowest BCUT2D eigenvalue weighted by atomic mass is 10.0. The van der Waals surface area contributed by atoms with Crippen molar-refractivity contribution >= 4 is 11.6 Å². The van der Waals surface area contributed by atoms with Crippen molar-refractivity contribution in [1.29, 1.82) is 0 Å². The molecule has 32 heavy (non-hydrogen) atoms. The van der Waals surface area contributed by atoms with E-state index in [9.17, 15) is 9.18 Å². The van der Waals surface area contributed by atoms with Crippen molar-refractivity contribution in [2.75, 3.05) is 19.8 Å². The third kappa shape index (κ3) is 5.09. The van der Waals surface area contributed by atoms with Gasteiger partial charge in [-0.05, 0) is 37.1 Å². The molecule has 170 valence electrons. The zero-order valence-electron chi connectivity index (χ0n) is 17.9. The number of nitrogens with zero attached hydrogens (tertiary/aromatic N) is 3. The Bertz CT molecular complexity index is 1020. The maximum absolute atomic E-state index is 13.4. The summed E-state index contributed by atoms with van der Waals surface area (Å²) in [6.45, 7) is 4.13. The first-order chi connectivity index (χ1) is 15.4. The number of ether oxygens (including phenoxy) is 2. The quantitative estimate of drug-likeness (QED) is 0.693. The molecule has 2 aromatic rings. The minimum absolute atomic E-state index is 0.0915. The highest BCUT2D eigenvalue weighted by Crippen LogP contribution is 2.23. The van der Waals surface area contributed by atoms with Crippen LogP contribution in [0.1, 0.15) is 39.6 Å². The van der Waals surface area contributed by atoms with Crippen LogP contribution in [0.2, 0.25) is 0 Å². The minimum atomic E-state index is -0.367. The molecular weight excluding hydrogens is 419 g/mol. The van der Waals surface area contributed by atoms with Crippen molar-refractivity contribution in [3.63, 3.8) is 0 Å². The number of halogens is 1. The summed E-state index contributed by atoms with van der Waals surface area (Å²) >= 11 is 0. The number of aryl methyl sites for hydroxylation is 2. The van der Waals surface area contributed by atoms with Crippen molar-refractivity contribution in [2.24, 2.45) is 5.16 Å². The van der Waals surface area contributed by atoms with Gasteiger partial charge < -0.3 is 24.7 Å². The van der Waals surface area contributed by atoms with Gasteiger partial charge in [0.15, 0.2) is 6.10 Å². The van der Waals surface area contributed by atoms with Crippen LogP contribution >= 0.6 is 0 Å². The fraction of sp³-hybridized carbons (Fsp3) is 0.455. The van der Waals surface area contributed by atoms with E-state index in [1.165, 1.54) is 6.07 Å². The summed E-state index contributed by atoms with van der Waals surface area (Å²) in [4.78, 5) is 26.8. The highest BCUT2D eigenvalue weighted by atomic mass is 19.1. The smallest absolute Gasteiger partial charge is 0.270 e. The Morgan fingerprint density at radius 1 is 1.19 bits per heavy atom. The van der Waals surface area contributed by atoms with E-state index in [4.69, 9.17) is 19.4 Å². The number of aliphatic hydroxyl groups is 1. The second-order valence-corrected chi connectivity index (χ2v) is 7.85. The second kappa shape index (κ2) is 9.68. The van der Waals surface area contributed by atoms with E-state index in [1.807, 2.05) is 0 Å². The number of benzene rings is 1. The Labute approximate surface area is 184 Å². The molecule has 9 nitrogen and oxygen atoms in total. The van der Waals surface area contributed by atoms with E-state index in [0.29, 0.717) is 42.4 Å². The topological polar surface area (TPSA) is 115 Å². The third-order valence-corrected chi connectivity index (χ3v) is 5.35. The number of carbonyl (C=O) groups excluding carboxylic acids is 1. The molecular formula is C22H25FN4O5. The summed E-state index contributed by atoms with van der Waals surface area (Å²) in [6, 6.07) is 6.27. The van der Waals surface area contributed by atoms with Gasteiger partial charge in [-0.2, -0.15) is 0 Å². The van der Waals surface area contributed by atoms with Gasteiger partial charge in [-0.1, -0.05) is 17.3 Å². The fourth-order valence-electron chi connectivity index (χ4n) is 3.55. The maximum Gasteiger partial charge on any atom is 0.270 e. The van der Waals surface area contributed by atoms with Crippen LogP contribution in [0, 0.1) is 19.7 Å². The van der Waals surface area contributed by atoms with Gasteiger partial charge in [0.05, 0.1) is 25.5 Å². The summed E-state index contributed by atoms with van der Waals surface area (Å²) in [5.41, 5.74) is 2.62. The van der Waals surface area contributed by atoms with Crippen LogP contribution in [0.25, 0.3) is 0 Å². The molecule has 1 aromatic carbocycles. The van der Waals surface area contributed by atoms with Crippen LogP contribution in [-0.4, -0.2) is 64.8 Å². The summed E-state index contributed by atoms with van der Waals surface area (Å²) in [6.07, 6.45) is -0.509. The van der Waals surface area contributed by atoms with Crippen molar-refractivity contribution in [3.05, 3.63) is 58.4 Å². The van der Waals surface area contributed by atoms with Gasteiger partial charge in [-0.3, -0.25) is 4.79 Å². The van der Waals surface area contributed by atoms with Crippen LogP contribution in [-0.2, 0) is 20.9 Å². The summed E-state index contributed by atoms with van der Waals surface area (Å²) in [7, 11) is 0. The number of hydrogen-bond acceptors (Lipinski definition) is 8. The molecule has 0 saturated carbocycles. The van der Waals surface area contributed by atoms with Crippen molar-refractivity contribution < 1.29 is 28.6 Å². The standard InChI is InChI=1S/C22H25FN4O5/c1-12-5-14(3-4-16(12)23)8-24-22(29)19-6-17(25-13(2)26-19)18-7-20(32-27-18)21-11-30-15(9-28)10-31-21/h3-6,15,20-21,28H,7-11H2,1-2H3,(H,24,29)/t15-,20+,21-/m1/s1. The normalized spacial score (nSPS) is 22.9. The fourth-order valence-corrected chi connectivity index (χ4v) is 3.55. The van der Waals surface area contributed by atoms with Gasteiger partial charge >= 0.3 is 0 Å². The third-order valence-electron chi connectivity index (χ3n) is 5.35. The lowest BCUT2D eigenvalue weighted by molar-refractivity contribution is -0.178. The minimum Gasteiger partial charge on any atom is -0.394 e. The molecule has 2 aliphatic heterocycles. The van der Waals surface area contributed by atoms with E-state index >= 15 is 0 Å². The average Bonchev–Trinajstić information content (AvgIpc) is 3.30. The first kappa shape index (κ1) is 22.3. The van der Waals surface area contributed by atoms with E-state index in [2.05, 4.69) is 20.4 Å². The van der Waals surface area contributed by atoms with Crippen LogP contribution in [0.3, 0.4) is 0 Å². The Hall–Kier alpha value is -2.95. The first-order valence-electron chi connectivity index (χ1n) is 10.4. The largest absolute Gasteiger partial charge is 0.394 e. The second-order valence-electron chi connectivity index (χ2n) is 7.85. The van der Waals surface area contributed by atoms with Crippen LogP contribution < -0.4 is 5.32 Å². The SMILES string of the molecule is Cc1nc(C(=O)NCc2ccc(F)c(C)c2)cc(C2=NO[C@H]([C@H]3CO[C@H](CO)CO3)C2)n1. The predicted molar refractivity (Wildman–Crippen MR) is 112 cm³/mol. The van der Waals surface area contributed by atoms with E-state index in [1.54, 1.807) is 32.0 Å². The van der Waals surface area contributed by atoms with Gasteiger partial charge in [0.1, 0.15) is 35.3 Å². The molecule has 3 atom stereocenters. The number of rotatable bonds is 6. The highest BCUT2D eigenvalue weighted by Gasteiger charge is 2.35. The predicted octanol–water partition coefficient (Wildman–Crippen LogP) is 1.43. The molecule has 1 aromatic heterocycles. The number of amides is 1. The van der Waals surface area contributed by atoms with Crippen molar-refractivity contribution in [3.8, 4) is 0 Å².